The van der Waals surface area contributed by atoms with Crippen molar-refractivity contribution in [1.29, 1.82) is 0 Å². The van der Waals surface area contributed by atoms with E-state index in [1.165, 1.54) is 34.6 Å². The summed E-state index contributed by atoms with van der Waals surface area (Å²) in [4.78, 5) is 24.3. The molecule has 1 aliphatic rings. The lowest BCUT2D eigenvalue weighted by Gasteiger charge is -2.34. The molecule has 3 rings (SSSR count). The van der Waals surface area contributed by atoms with E-state index in [-0.39, 0.29) is 34.7 Å². The third-order valence-corrected chi connectivity index (χ3v) is 7.47. The molecule has 2 aromatic carbocycles. The molecule has 178 valence electrons. The molecule has 0 saturated carbocycles. The van der Waals surface area contributed by atoms with Crippen LogP contribution in [0.3, 0.4) is 0 Å². The molecule has 1 aliphatic heterocycles. The van der Waals surface area contributed by atoms with Crippen molar-refractivity contribution in [2.75, 3.05) is 19.7 Å². The van der Waals surface area contributed by atoms with Gasteiger partial charge in [-0.3, -0.25) is 4.79 Å². The number of hydrogen-bond acceptors (Lipinski definition) is 5. The summed E-state index contributed by atoms with van der Waals surface area (Å²) in [6.07, 6.45) is 0.992. The third-order valence-electron chi connectivity index (χ3n) is 5.62. The average Bonchev–Trinajstić information content (AvgIpc) is 2.77. The van der Waals surface area contributed by atoms with Crippen LogP contribution in [0.25, 0.3) is 0 Å². The fourth-order valence-electron chi connectivity index (χ4n) is 3.93. The van der Waals surface area contributed by atoms with Crippen molar-refractivity contribution in [1.82, 2.24) is 9.62 Å². The number of aryl methyl sites for hydroxylation is 1. The lowest BCUT2D eigenvalue weighted by molar-refractivity contribution is -0.124. The number of nitrogens with zero attached hydrogens (tertiary/aromatic N) is 1. The minimum atomic E-state index is -3.65. The predicted octanol–water partition coefficient (Wildman–Crippen LogP) is 3.27. The second-order valence-corrected chi connectivity index (χ2v) is 10.7. The smallest absolute Gasteiger partial charge is 0.338 e. The van der Waals surface area contributed by atoms with Crippen molar-refractivity contribution < 1.29 is 27.1 Å². The van der Waals surface area contributed by atoms with Crippen LogP contribution in [0.15, 0.2) is 47.4 Å². The Kier molecular flexibility index (Phi) is 7.86. The van der Waals surface area contributed by atoms with Crippen LogP contribution in [-0.2, 0) is 26.1 Å². The van der Waals surface area contributed by atoms with Gasteiger partial charge in [0.15, 0.2) is 6.61 Å². The summed E-state index contributed by atoms with van der Waals surface area (Å²) < 4.78 is 45.9. The van der Waals surface area contributed by atoms with Gasteiger partial charge in [0.1, 0.15) is 5.82 Å². The highest BCUT2D eigenvalue weighted by Crippen LogP contribution is 2.26. The third kappa shape index (κ3) is 6.39. The highest BCUT2D eigenvalue weighted by molar-refractivity contribution is 7.89. The summed E-state index contributed by atoms with van der Waals surface area (Å²) in [5.41, 5.74) is 1.24. The molecule has 0 spiro atoms. The Hall–Kier alpha value is -2.78. The highest BCUT2D eigenvalue weighted by Gasteiger charge is 2.31. The first-order chi connectivity index (χ1) is 15.6. The first-order valence-corrected chi connectivity index (χ1v) is 12.3. The van der Waals surface area contributed by atoms with Gasteiger partial charge in [0.25, 0.3) is 5.91 Å². The van der Waals surface area contributed by atoms with Crippen LogP contribution in [0.4, 0.5) is 4.39 Å². The molecule has 2 unspecified atom stereocenters. The molecule has 33 heavy (non-hydrogen) atoms. The Bertz CT molecular complexity index is 1110. The van der Waals surface area contributed by atoms with Crippen molar-refractivity contribution >= 4 is 21.9 Å². The Morgan fingerprint density at radius 2 is 1.73 bits per heavy atom. The Morgan fingerprint density at radius 3 is 2.33 bits per heavy atom. The van der Waals surface area contributed by atoms with E-state index in [0.717, 1.165) is 6.42 Å². The number of nitrogens with one attached hydrogen (secondary N) is 1. The Balaban J connectivity index is 1.53. The molecule has 1 N–H and O–H groups in total. The maximum absolute atomic E-state index is 13.6. The molecule has 1 heterocycles. The van der Waals surface area contributed by atoms with Gasteiger partial charge in [0.05, 0.1) is 10.5 Å². The van der Waals surface area contributed by atoms with Crippen molar-refractivity contribution in [3.63, 3.8) is 0 Å². The summed E-state index contributed by atoms with van der Waals surface area (Å²) in [6, 6.07) is 10.2. The zero-order valence-electron chi connectivity index (χ0n) is 19.0. The number of amides is 1. The van der Waals surface area contributed by atoms with Crippen molar-refractivity contribution in [2.45, 2.75) is 38.6 Å². The van der Waals surface area contributed by atoms with Gasteiger partial charge in [-0.1, -0.05) is 26.0 Å². The summed E-state index contributed by atoms with van der Waals surface area (Å²) in [7, 11) is -3.65. The number of hydrogen-bond donors (Lipinski definition) is 1. The van der Waals surface area contributed by atoms with Crippen molar-refractivity contribution in [3.05, 3.63) is 65.0 Å². The number of rotatable bonds is 7. The minimum absolute atomic E-state index is 0.105. The molecule has 0 aromatic heterocycles. The summed E-state index contributed by atoms with van der Waals surface area (Å²) >= 11 is 0. The molecule has 0 radical (unpaired) electrons. The van der Waals surface area contributed by atoms with E-state index in [4.69, 9.17) is 4.74 Å². The fraction of sp³-hybridized carbons (Fsp3) is 0.417. The maximum Gasteiger partial charge on any atom is 0.338 e. The van der Waals surface area contributed by atoms with Crippen molar-refractivity contribution in [2.24, 2.45) is 11.8 Å². The monoisotopic (exact) mass is 476 g/mol. The zero-order chi connectivity index (χ0) is 24.2. The molecule has 9 heteroatoms. The van der Waals surface area contributed by atoms with Crippen LogP contribution in [0, 0.1) is 24.6 Å². The number of piperidine rings is 1. The average molecular weight is 477 g/mol. The summed E-state index contributed by atoms with van der Waals surface area (Å²) in [6.45, 7) is 6.26. The molecule has 2 aromatic rings. The SMILES string of the molecule is Cc1ccc(CNC(=O)COC(=O)c2ccc(S(=O)(=O)N3CC(C)CC(C)C3)cc2)cc1F. The zero-order valence-corrected chi connectivity index (χ0v) is 19.8. The molecular weight excluding hydrogens is 447 g/mol. The highest BCUT2D eigenvalue weighted by atomic mass is 32.2. The fourth-order valence-corrected chi connectivity index (χ4v) is 5.61. The number of sulfonamides is 1. The molecule has 2 atom stereocenters. The van der Waals surface area contributed by atoms with Gasteiger partial charge in [-0.25, -0.2) is 17.6 Å². The second-order valence-electron chi connectivity index (χ2n) is 8.73. The summed E-state index contributed by atoms with van der Waals surface area (Å²) in [5, 5.41) is 2.56. The molecule has 0 aliphatic carbocycles. The van der Waals surface area contributed by atoms with E-state index in [1.54, 1.807) is 19.1 Å². The normalized spacial score (nSPS) is 19.2. The van der Waals surface area contributed by atoms with Gasteiger partial charge < -0.3 is 10.1 Å². The molecule has 7 nitrogen and oxygen atoms in total. The number of carbonyl (C=O) groups is 2. The number of benzene rings is 2. The van der Waals surface area contributed by atoms with Gasteiger partial charge in [0.2, 0.25) is 10.0 Å². The van der Waals surface area contributed by atoms with Gasteiger partial charge in [-0.15, -0.1) is 0 Å². The lowest BCUT2D eigenvalue weighted by Crippen LogP contribution is -2.42. The first kappa shape index (κ1) is 24.9. The van der Waals surface area contributed by atoms with Gasteiger partial charge in [-0.2, -0.15) is 4.31 Å². The van der Waals surface area contributed by atoms with E-state index in [9.17, 15) is 22.4 Å². The van der Waals surface area contributed by atoms with Crippen LogP contribution in [0.2, 0.25) is 0 Å². The lowest BCUT2D eigenvalue weighted by atomic mass is 9.94. The van der Waals surface area contributed by atoms with Crippen LogP contribution >= 0.6 is 0 Å². The minimum Gasteiger partial charge on any atom is -0.452 e. The van der Waals surface area contributed by atoms with E-state index in [2.05, 4.69) is 5.32 Å². The quantitative estimate of drug-likeness (QED) is 0.619. The van der Waals surface area contributed by atoms with E-state index < -0.39 is 28.5 Å². The van der Waals surface area contributed by atoms with E-state index in [0.29, 0.717) is 24.2 Å². The topological polar surface area (TPSA) is 92.8 Å². The second kappa shape index (κ2) is 10.4. The first-order valence-electron chi connectivity index (χ1n) is 10.9. The largest absolute Gasteiger partial charge is 0.452 e. The van der Waals surface area contributed by atoms with Crippen LogP contribution in [-0.4, -0.2) is 44.3 Å². The van der Waals surface area contributed by atoms with Crippen LogP contribution in [0.1, 0.15) is 41.8 Å². The Labute approximate surface area is 194 Å². The maximum atomic E-state index is 13.6. The molecule has 1 fully saturated rings. The molecule has 0 bridgehead atoms. The number of esters is 1. The number of halogens is 1. The molecule has 1 amide bonds. The molecular formula is C24H29FN2O5S. The van der Waals surface area contributed by atoms with Gasteiger partial charge >= 0.3 is 5.97 Å². The standard InChI is InChI=1S/C24H29FN2O5S/c1-16-10-17(2)14-27(13-16)33(30,31)21-8-6-20(7-9-21)24(29)32-15-23(28)26-12-19-5-4-18(3)22(25)11-19/h4-9,11,16-17H,10,12-15H2,1-3H3,(H,26,28). The summed E-state index contributed by atoms with van der Waals surface area (Å²) in [5.74, 6) is -1.06. The number of ether oxygens (including phenoxy) is 1. The van der Waals surface area contributed by atoms with E-state index >= 15 is 0 Å². The molecule has 1 saturated heterocycles. The number of carbonyl (C=O) groups excluding carboxylic acids is 2. The predicted molar refractivity (Wildman–Crippen MR) is 121 cm³/mol. The van der Waals surface area contributed by atoms with Gasteiger partial charge in [-0.05, 0) is 66.6 Å². The van der Waals surface area contributed by atoms with Crippen LogP contribution < -0.4 is 5.32 Å². The van der Waals surface area contributed by atoms with Crippen molar-refractivity contribution in [3.8, 4) is 0 Å². The van der Waals surface area contributed by atoms with E-state index in [1.807, 2.05) is 13.8 Å². The van der Waals surface area contributed by atoms with Crippen LogP contribution in [0.5, 0.6) is 0 Å². The van der Waals surface area contributed by atoms with Gasteiger partial charge in [0, 0.05) is 19.6 Å². The Morgan fingerprint density at radius 1 is 1.09 bits per heavy atom.